The minimum Gasteiger partial charge on any atom is -0.298 e. The van der Waals surface area contributed by atoms with Crippen molar-refractivity contribution in [3.8, 4) is 0 Å². The van der Waals surface area contributed by atoms with Crippen LogP contribution < -0.4 is 0 Å². The second-order valence-electron chi connectivity index (χ2n) is 11.3. The SMILES string of the molecule is Cc1ccc(S(=O)(=O)N2CC=CC(=O)[C@@H]2c2ccccc2)cc1.Cc1ccc(S(=O)(=O)N2CCCC(=O)[C@@H]2c2ccccc2)cc1. The largest absolute Gasteiger partial charge is 0.298 e. The second kappa shape index (κ2) is 14.0. The zero-order valence-corrected chi connectivity index (χ0v) is 27.3. The normalized spacial score (nSPS) is 19.3. The highest BCUT2D eigenvalue weighted by Crippen LogP contribution is 2.34. The van der Waals surface area contributed by atoms with Gasteiger partial charge in [-0.3, -0.25) is 9.59 Å². The molecular formula is C36H36N2O6S2. The fourth-order valence-electron chi connectivity index (χ4n) is 5.59. The minimum atomic E-state index is -3.75. The van der Waals surface area contributed by atoms with E-state index >= 15 is 0 Å². The van der Waals surface area contributed by atoms with Crippen molar-refractivity contribution in [2.24, 2.45) is 0 Å². The van der Waals surface area contributed by atoms with E-state index in [-0.39, 0.29) is 27.9 Å². The Morgan fingerprint density at radius 2 is 1.04 bits per heavy atom. The Bertz CT molecular complexity index is 1930. The molecule has 10 heteroatoms. The third-order valence-corrected chi connectivity index (χ3v) is 11.7. The number of rotatable bonds is 6. The zero-order valence-electron chi connectivity index (χ0n) is 25.7. The van der Waals surface area contributed by atoms with Crippen molar-refractivity contribution in [2.75, 3.05) is 13.1 Å². The summed E-state index contributed by atoms with van der Waals surface area (Å²) in [5.41, 5.74) is 3.39. The van der Waals surface area contributed by atoms with Crippen molar-refractivity contribution in [3.05, 3.63) is 144 Å². The van der Waals surface area contributed by atoms with E-state index in [0.717, 1.165) is 16.7 Å². The Balaban J connectivity index is 0.000000181. The van der Waals surface area contributed by atoms with Gasteiger partial charge in [0.15, 0.2) is 11.6 Å². The van der Waals surface area contributed by atoms with Crippen LogP contribution in [0.15, 0.2) is 131 Å². The van der Waals surface area contributed by atoms with Crippen LogP contribution in [-0.2, 0) is 29.6 Å². The third-order valence-electron chi connectivity index (χ3n) is 8.01. The fourth-order valence-corrected chi connectivity index (χ4v) is 8.76. The van der Waals surface area contributed by atoms with E-state index in [9.17, 15) is 26.4 Å². The summed E-state index contributed by atoms with van der Waals surface area (Å²) in [5, 5.41) is 0. The van der Waals surface area contributed by atoms with Gasteiger partial charge in [0, 0.05) is 19.5 Å². The van der Waals surface area contributed by atoms with Gasteiger partial charge in [0.05, 0.1) is 9.79 Å². The van der Waals surface area contributed by atoms with Gasteiger partial charge in [0.25, 0.3) is 0 Å². The van der Waals surface area contributed by atoms with Crippen LogP contribution in [0.1, 0.15) is 47.2 Å². The lowest BCUT2D eigenvalue weighted by Crippen LogP contribution is -2.43. The summed E-state index contributed by atoms with van der Waals surface area (Å²) in [5.74, 6) is -0.267. The van der Waals surface area contributed by atoms with E-state index in [4.69, 9.17) is 0 Å². The number of carbonyl (C=O) groups excluding carboxylic acids is 2. The van der Waals surface area contributed by atoms with E-state index in [1.165, 1.54) is 14.7 Å². The first-order chi connectivity index (χ1) is 22.0. The van der Waals surface area contributed by atoms with Crippen molar-refractivity contribution in [2.45, 2.75) is 48.6 Å². The van der Waals surface area contributed by atoms with Gasteiger partial charge in [-0.2, -0.15) is 8.61 Å². The highest BCUT2D eigenvalue weighted by Gasteiger charge is 2.39. The number of piperidine rings is 1. The van der Waals surface area contributed by atoms with E-state index in [1.54, 1.807) is 78.9 Å². The van der Waals surface area contributed by atoms with Gasteiger partial charge in [-0.1, -0.05) is 102 Å². The molecule has 0 radical (unpaired) electrons. The smallest absolute Gasteiger partial charge is 0.244 e. The van der Waals surface area contributed by atoms with Crippen LogP contribution in [0.5, 0.6) is 0 Å². The van der Waals surface area contributed by atoms with E-state index < -0.39 is 32.1 Å². The molecule has 0 aromatic heterocycles. The van der Waals surface area contributed by atoms with Crippen LogP contribution in [0.3, 0.4) is 0 Å². The molecule has 1 saturated heterocycles. The number of carbonyl (C=O) groups is 2. The molecule has 0 spiro atoms. The number of hydrogen-bond acceptors (Lipinski definition) is 6. The Labute approximate surface area is 271 Å². The first-order valence-corrected chi connectivity index (χ1v) is 17.9. The van der Waals surface area contributed by atoms with Gasteiger partial charge >= 0.3 is 0 Å². The lowest BCUT2D eigenvalue weighted by molar-refractivity contribution is -0.125. The van der Waals surface area contributed by atoms with Crippen molar-refractivity contribution in [1.29, 1.82) is 0 Å². The average molecular weight is 657 g/mol. The number of Topliss-reactive ketones (excluding diaryl/α,β-unsaturated/α-hetero) is 1. The molecule has 4 aromatic rings. The summed E-state index contributed by atoms with van der Waals surface area (Å²) in [6.45, 7) is 4.35. The van der Waals surface area contributed by atoms with Gasteiger partial charge in [0.2, 0.25) is 20.0 Å². The summed E-state index contributed by atoms with van der Waals surface area (Å²) in [7, 11) is -7.44. The van der Waals surface area contributed by atoms with Gasteiger partial charge < -0.3 is 0 Å². The topological polar surface area (TPSA) is 109 Å². The molecular weight excluding hydrogens is 621 g/mol. The van der Waals surface area contributed by atoms with Crippen LogP contribution in [0.4, 0.5) is 0 Å². The van der Waals surface area contributed by atoms with E-state index in [2.05, 4.69) is 0 Å². The fraction of sp³-hybridized carbons (Fsp3) is 0.222. The van der Waals surface area contributed by atoms with Gasteiger partial charge in [0.1, 0.15) is 12.1 Å². The number of nitrogens with zero attached hydrogens (tertiary/aromatic N) is 2. The molecule has 2 aliphatic heterocycles. The predicted molar refractivity (Wildman–Crippen MR) is 177 cm³/mol. The molecule has 0 N–H and O–H groups in total. The van der Waals surface area contributed by atoms with Crippen LogP contribution in [0, 0.1) is 13.8 Å². The molecule has 8 nitrogen and oxygen atoms in total. The molecule has 46 heavy (non-hydrogen) atoms. The maximum atomic E-state index is 13.0. The van der Waals surface area contributed by atoms with Gasteiger partial charge in [-0.25, -0.2) is 16.8 Å². The molecule has 238 valence electrons. The molecule has 6 rings (SSSR count). The Morgan fingerprint density at radius 3 is 1.54 bits per heavy atom. The van der Waals surface area contributed by atoms with E-state index in [0.29, 0.717) is 24.9 Å². The molecule has 2 aliphatic rings. The first kappa shape index (κ1) is 33.2. The summed E-state index contributed by atoms with van der Waals surface area (Å²) >= 11 is 0. The second-order valence-corrected chi connectivity index (χ2v) is 15.1. The monoisotopic (exact) mass is 656 g/mol. The minimum absolute atomic E-state index is 0.0434. The third kappa shape index (κ3) is 7.10. The summed E-state index contributed by atoms with van der Waals surface area (Å²) in [6.07, 6.45) is 4.03. The Kier molecular flexibility index (Phi) is 10.1. The number of ketones is 2. The molecule has 1 fully saturated rings. The molecule has 0 unspecified atom stereocenters. The zero-order chi connectivity index (χ0) is 32.9. The molecule has 4 aromatic carbocycles. The number of hydrogen-bond donors (Lipinski definition) is 0. The average Bonchev–Trinajstić information content (AvgIpc) is 3.06. The maximum absolute atomic E-state index is 13.0. The number of aryl methyl sites for hydroxylation is 2. The Morgan fingerprint density at radius 1 is 0.587 bits per heavy atom. The van der Waals surface area contributed by atoms with Crippen LogP contribution >= 0.6 is 0 Å². The molecule has 2 heterocycles. The van der Waals surface area contributed by atoms with Gasteiger partial charge in [-0.05, 0) is 61.7 Å². The molecule has 0 aliphatic carbocycles. The number of benzene rings is 4. The molecule has 0 bridgehead atoms. The van der Waals surface area contributed by atoms with Crippen LogP contribution in [0.2, 0.25) is 0 Å². The maximum Gasteiger partial charge on any atom is 0.244 e. The van der Waals surface area contributed by atoms with Crippen molar-refractivity contribution < 1.29 is 26.4 Å². The summed E-state index contributed by atoms with van der Waals surface area (Å²) < 4.78 is 54.5. The standard InChI is InChI=1S/C18H19NO3S.C18H17NO3S/c2*1-14-9-11-16(12-10-14)23(21,22)19-13-5-8-17(20)18(19)15-6-3-2-4-7-15/h2-4,6-7,9-12,18H,5,8,13H2,1H3;2-12,18H,13H2,1H3/t2*18-/m00/s1. The molecule has 0 saturated carbocycles. The number of sulfonamides is 2. The first-order valence-electron chi connectivity index (χ1n) is 15.0. The quantitative estimate of drug-likeness (QED) is 0.254. The van der Waals surface area contributed by atoms with Crippen molar-refractivity contribution >= 4 is 31.6 Å². The van der Waals surface area contributed by atoms with Crippen LogP contribution in [0.25, 0.3) is 0 Å². The molecule has 2 atom stereocenters. The van der Waals surface area contributed by atoms with Crippen molar-refractivity contribution in [1.82, 2.24) is 8.61 Å². The van der Waals surface area contributed by atoms with E-state index in [1.807, 2.05) is 50.2 Å². The summed E-state index contributed by atoms with van der Waals surface area (Å²) in [4.78, 5) is 25.2. The predicted octanol–water partition coefficient (Wildman–Crippen LogP) is 5.96. The van der Waals surface area contributed by atoms with Crippen LogP contribution in [-0.4, -0.2) is 50.1 Å². The lowest BCUT2D eigenvalue weighted by Gasteiger charge is -2.33. The highest BCUT2D eigenvalue weighted by molar-refractivity contribution is 7.89. The summed E-state index contributed by atoms with van der Waals surface area (Å²) in [6, 6.07) is 30.0. The van der Waals surface area contributed by atoms with Crippen molar-refractivity contribution in [3.63, 3.8) is 0 Å². The van der Waals surface area contributed by atoms with Gasteiger partial charge in [-0.15, -0.1) is 0 Å². The Hall–Kier alpha value is -4.22. The highest BCUT2D eigenvalue weighted by atomic mass is 32.2. The molecule has 0 amide bonds. The lowest BCUT2D eigenvalue weighted by atomic mass is 9.96.